The van der Waals surface area contributed by atoms with E-state index < -0.39 is 6.04 Å². The zero-order valence-electron chi connectivity index (χ0n) is 18.7. The van der Waals surface area contributed by atoms with Crippen LogP contribution in [0.25, 0.3) is 0 Å². The predicted octanol–water partition coefficient (Wildman–Crippen LogP) is 2.14. The van der Waals surface area contributed by atoms with Crippen LogP contribution in [0.2, 0.25) is 0 Å². The van der Waals surface area contributed by atoms with Crippen LogP contribution < -0.4 is 10.6 Å². The van der Waals surface area contributed by atoms with Crippen molar-refractivity contribution in [2.45, 2.75) is 52.6 Å². The lowest BCUT2D eigenvalue weighted by Crippen LogP contribution is -2.55. The smallest absolute Gasteiger partial charge is 0.252 e. The van der Waals surface area contributed by atoms with Crippen LogP contribution in [0.4, 0.5) is 0 Å². The quantitative estimate of drug-likeness (QED) is 0.678. The summed E-state index contributed by atoms with van der Waals surface area (Å²) in [5.41, 5.74) is 1.43. The fourth-order valence-corrected chi connectivity index (χ4v) is 3.62. The Balaban J connectivity index is 2.13. The monoisotopic (exact) mass is 417 g/mol. The van der Waals surface area contributed by atoms with Gasteiger partial charge in [-0.05, 0) is 50.2 Å². The molecular formula is C23H35N3O4. The normalized spacial score (nSPS) is 16.8. The van der Waals surface area contributed by atoms with Gasteiger partial charge >= 0.3 is 0 Å². The molecule has 2 atom stereocenters. The molecule has 0 aliphatic carbocycles. The van der Waals surface area contributed by atoms with Crippen LogP contribution in [0, 0.1) is 18.8 Å². The van der Waals surface area contributed by atoms with Gasteiger partial charge < -0.3 is 20.3 Å². The maximum Gasteiger partial charge on any atom is 0.252 e. The summed E-state index contributed by atoms with van der Waals surface area (Å²) in [4.78, 5) is 39.9. The van der Waals surface area contributed by atoms with E-state index in [2.05, 4.69) is 10.6 Å². The fraction of sp³-hybridized carbons (Fsp3) is 0.609. The minimum Gasteiger partial charge on any atom is -0.375 e. The van der Waals surface area contributed by atoms with Gasteiger partial charge in [0.05, 0.1) is 0 Å². The number of nitrogens with one attached hydrogen (secondary N) is 2. The Hall–Kier alpha value is -2.41. The van der Waals surface area contributed by atoms with E-state index in [1.807, 2.05) is 45.9 Å². The summed E-state index contributed by atoms with van der Waals surface area (Å²) in [7, 11) is 1.50. The first-order chi connectivity index (χ1) is 14.2. The number of hydrogen-bond acceptors (Lipinski definition) is 4. The van der Waals surface area contributed by atoms with Gasteiger partial charge in [0.1, 0.15) is 12.6 Å². The van der Waals surface area contributed by atoms with Crippen LogP contribution in [0.3, 0.4) is 0 Å². The number of carbonyl (C=O) groups excluding carboxylic acids is 3. The highest BCUT2D eigenvalue weighted by Gasteiger charge is 2.34. The fourth-order valence-electron chi connectivity index (χ4n) is 3.62. The summed E-state index contributed by atoms with van der Waals surface area (Å²) in [6, 6.07) is 6.70. The Morgan fingerprint density at radius 3 is 2.30 bits per heavy atom. The third kappa shape index (κ3) is 6.29. The molecule has 1 aromatic carbocycles. The van der Waals surface area contributed by atoms with Gasteiger partial charge in [-0.2, -0.15) is 0 Å². The number of hydrogen-bond donors (Lipinski definition) is 2. The van der Waals surface area contributed by atoms with Crippen molar-refractivity contribution in [2.75, 3.05) is 26.8 Å². The van der Waals surface area contributed by atoms with Gasteiger partial charge in [0, 0.05) is 31.8 Å². The third-order valence-corrected chi connectivity index (χ3v) is 5.96. The van der Waals surface area contributed by atoms with Crippen molar-refractivity contribution >= 4 is 17.7 Å². The standard InChI is InChI=1S/C23H35N3O4/c1-15(2)17(4)24-23(29)21(25-22(28)19-9-7-6-8-16(19)3)18-10-12-26(13-11-18)20(27)14-30-5/h6-9,15,17-18,21H,10-14H2,1-5H3,(H,24,29)(H,25,28)/t17-,21-/m1/s1. The molecule has 166 valence electrons. The second-order valence-electron chi connectivity index (χ2n) is 8.46. The molecule has 2 N–H and O–H groups in total. The van der Waals surface area contributed by atoms with Crippen LogP contribution >= 0.6 is 0 Å². The van der Waals surface area contributed by atoms with Crippen molar-refractivity contribution in [1.82, 2.24) is 15.5 Å². The molecular weight excluding hydrogens is 382 g/mol. The molecule has 1 saturated heterocycles. The summed E-state index contributed by atoms with van der Waals surface area (Å²) in [5, 5.41) is 6.03. The number of ether oxygens (including phenoxy) is 1. The van der Waals surface area contributed by atoms with E-state index in [0.717, 1.165) is 5.56 Å². The molecule has 0 unspecified atom stereocenters. The Morgan fingerprint density at radius 2 is 1.73 bits per heavy atom. The lowest BCUT2D eigenvalue weighted by Gasteiger charge is -2.36. The van der Waals surface area contributed by atoms with Crippen LogP contribution in [0.15, 0.2) is 24.3 Å². The Morgan fingerprint density at radius 1 is 1.10 bits per heavy atom. The first-order valence-electron chi connectivity index (χ1n) is 10.7. The van der Waals surface area contributed by atoms with Gasteiger partial charge in [0.15, 0.2) is 0 Å². The lowest BCUT2D eigenvalue weighted by molar-refractivity contribution is -0.136. The molecule has 0 saturated carbocycles. The van der Waals surface area contributed by atoms with Gasteiger partial charge in [-0.3, -0.25) is 14.4 Å². The summed E-state index contributed by atoms with van der Waals surface area (Å²) in [5.74, 6) is -0.212. The number of amides is 3. The van der Waals surface area contributed by atoms with Crippen LogP contribution in [0.1, 0.15) is 49.5 Å². The zero-order valence-corrected chi connectivity index (χ0v) is 18.7. The molecule has 3 amide bonds. The molecule has 1 fully saturated rings. The summed E-state index contributed by atoms with van der Waals surface area (Å²) < 4.78 is 4.94. The number of methoxy groups -OCH3 is 1. The molecule has 0 radical (unpaired) electrons. The number of likely N-dealkylation sites (tertiary alicyclic amines) is 1. The molecule has 1 aliphatic rings. The molecule has 2 rings (SSSR count). The molecule has 1 aliphatic heterocycles. The number of piperidine rings is 1. The molecule has 7 heteroatoms. The average molecular weight is 418 g/mol. The average Bonchev–Trinajstić information content (AvgIpc) is 2.72. The van der Waals surface area contributed by atoms with E-state index in [9.17, 15) is 14.4 Å². The van der Waals surface area contributed by atoms with Crippen molar-refractivity contribution < 1.29 is 19.1 Å². The molecule has 30 heavy (non-hydrogen) atoms. The van der Waals surface area contributed by atoms with E-state index in [1.54, 1.807) is 11.0 Å². The van der Waals surface area contributed by atoms with Gasteiger partial charge in [-0.1, -0.05) is 32.0 Å². The maximum absolute atomic E-state index is 13.1. The highest BCUT2D eigenvalue weighted by atomic mass is 16.5. The predicted molar refractivity (Wildman–Crippen MR) is 116 cm³/mol. The van der Waals surface area contributed by atoms with Crippen LogP contribution in [-0.2, 0) is 14.3 Å². The number of benzene rings is 1. The first kappa shape index (κ1) is 23.9. The second kappa shape index (κ2) is 11.1. The summed E-state index contributed by atoms with van der Waals surface area (Å²) in [6.07, 6.45) is 1.30. The zero-order chi connectivity index (χ0) is 22.3. The topological polar surface area (TPSA) is 87.7 Å². The van der Waals surface area contributed by atoms with Crippen LogP contribution in [-0.4, -0.2) is 61.5 Å². The van der Waals surface area contributed by atoms with E-state index in [4.69, 9.17) is 4.74 Å². The summed E-state index contributed by atoms with van der Waals surface area (Å²) in [6.45, 7) is 9.11. The number of aryl methyl sites for hydroxylation is 1. The van der Waals surface area contributed by atoms with Gasteiger partial charge in [0.2, 0.25) is 11.8 Å². The molecule has 0 spiro atoms. The Bertz CT molecular complexity index is 742. The highest BCUT2D eigenvalue weighted by molar-refractivity contribution is 5.98. The lowest BCUT2D eigenvalue weighted by atomic mass is 9.88. The van der Waals surface area contributed by atoms with E-state index >= 15 is 0 Å². The van der Waals surface area contributed by atoms with E-state index in [1.165, 1.54) is 7.11 Å². The van der Waals surface area contributed by atoms with Crippen molar-refractivity contribution in [3.05, 3.63) is 35.4 Å². The first-order valence-corrected chi connectivity index (χ1v) is 10.7. The molecule has 0 aromatic heterocycles. The van der Waals surface area contributed by atoms with E-state index in [0.29, 0.717) is 31.5 Å². The molecule has 1 aromatic rings. The molecule has 1 heterocycles. The largest absolute Gasteiger partial charge is 0.375 e. The van der Waals surface area contributed by atoms with Gasteiger partial charge in [-0.15, -0.1) is 0 Å². The number of nitrogens with zero attached hydrogens (tertiary/aromatic N) is 1. The van der Waals surface area contributed by atoms with Crippen LogP contribution in [0.5, 0.6) is 0 Å². The minimum absolute atomic E-state index is 0.00117. The highest BCUT2D eigenvalue weighted by Crippen LogP contribution is 2.22. The number of carbonyl (C=O) groups is 3. The SMILES string of the molecule is COCC(=O)N1CCC([C@@H](NC(=O)c2ccccc2C)C(=O)N[C@H](C)C(C)C)CC1. The number of rotatable bonds is 8. The van der Waals surface area contributed by atoms with Gasteiger partial charge in [-0.25, -0.2) is 0 Å². The van der Waals surface area contributed by atoms with Crippen molar-refractivity contribution in [2.24, 2.45) is 11.8 Å². The van der Waals surface area contributed by atoms with Crippen molar-refractivity contribution in [3.8, 4) is 0 Å². The van der Waals surface area contributed by atoms with Crippen molar-refractivity contribution in [1.29, 1.82) is 0 Å². The van der Waals surface area contributed by atoms with E-state index in [-0.39, 0.29) is 42.2 Å². The third-order valence-electron chi connectivity index (χ3n) is 5.96. The molecule has 0 bridgehead atoms. The molecule has 7 nitrogen and oxygen atoms in total. The Kier molecular flexibility index (Phi) is 8.84. The maximum atomic E-state index is 13.1. The minimum atomic E-state index is -0.641. The second-order valence-corrected chi connectivity index (χ2v) is 8.46. The Labute approximate surface area is 179 Å². The summed E-state index contributed by atoms with van der Waals surface area (Å²) >= 11 is 0. The van der Waals surface area contributed by atoms with Gasteiger partial charge in [0.25, 0.3) is 5.91 Å². The van der Waals surface area contributed by atoms with Crippen molar-refractivity contribution in [3.63, 3.8) is 0 Å².